The van der Waals surface area contributed by atoms with E-state index in [0.29, 0.717) is 11.7 Å². The van der Waals surface area contributed by atoms with Crippen LogP contribution in [-0.4, -0.2) is 11.1 Å². The second-order valence-electron chi connectivity index (χ2n) is 5.04. The molecule has 0 aliphatic heterocycles. The van der Waals surface area contributed by atoms with E-state index in [0.717, 1.165) is 23.0 Å². The topological polar surface area (TPSA) is 46.5 Å². The normalized spacial score (nSPS) is 11.0. The van der Waals surface area contributed by atoms with Crippen molar-refractivity contribution in [3.8, 4) is 11.5 Å². The van der Waals surface area contributed by atoms with E-state index in [-0.39, 0.29) is 0 Å². The molecule has 0 radical (unpaired) electrons. The van der Waals surface area contributed by atoms with Gasteiger partial charge in [0.2, 0.25) is 0 Å². The van der Waals surface area contributed by atoms with Crippen molar-refractivity contribution in [3.63, 3.8) is 0 Å². The maximum Gasteiger partial charge on any atom is 0.328 e. The summed E-state index contributed by atoms with van der Waals surface area (Å²) in [5.41, 5.74) is 1.93. The summed E-state index contributed by atoms with van der Waals surface area (Å²) in [5, 5.41) is 8.66. The third-order valence-corrected chi connectivity index (χ3v) is 3.05. The quantitative estimate of drug-likeness (QED) is 0.808. The average molecular weight is 282 g/mol. The summed E-state index contributed by atoms with van der Waals surface area (Å²) in [4.78, 5) is 10.6. The molecule has 0 fully saturated rings. The van der Waals surface area contributed by atoms with Crippen LogP contribution in [0.5, 0.6) is 11.5 Å². The van der Waals surface area contributed by atoms with Gasteiger partial charge >= 0.3 is 5.97 Å². The summed E-state index contributed by atoms with van der Waals surface area (Å²) < 4.78 is 5.94. The van der Waals surface area contributed by atoms with Crippen molar-refractivity contribution < 1.29 is 14.6 Å². The summed E-state index contributed by atoms with van der Waals surface area (Å²) in [6.45, 7) is 4.24. The number of aliphatic carboxylic acids is 1. The largest absolute Gasteiger partial charge is 0.478 e. The molecule has 3 heteroatoms. The van der Waals surface area contributed by atoms with E-state index in [2.05, 4.69) is 13.8 Å². The van der Waals surface area contributed by atoms with Gasteiger partial charge in [-0.2, -0.15) is 0 Å². The average Bonchev–Trinajstić information content (AvgIpc) is 2.46. The van der Waals surface area contributed by atoms with Gasteiger partial charge in [-0.05, 0) is 41.3 Å². The molecule has 2 aromatic rings. The Labute approximate surface area is 124 Å². The zero-order valence-electron chi connectivity index (χ0n) is 12.1. The first kappa shape index (κ1) is 14.9. The molecule has 21 heavy (non-hydrogen) atoms. The Morgan fingerprint density at radius 3 is 2.62 bits per heavy atom. The fraction of sp³-hybridized carbons (Fsp3) is 0.167. The van der Waals surface area contributed by atoms with Crippen LogP contribution in [0.3, 0.4) is 0 Å². The van der Waals surface area contributed by atoms with Crippen molar-refractivity contribution in [2.75, 3.05) is 0 Å². The molecule has 0 aliphatic rings. The molecule has 2 aromatic carbocycles. The molecule has 0 saturated heterocycles. The van der Waals surface area contributed by atoms with Crippen LogP contribution in [0.1, 0.15) is 30.9 Å². The highest BCUT2D eigenvalue weighted by Crippen LogP contribution is 2.30. The highest BCUT2D eigenvalue weighted by Gasteiger charge is 2.07. The van der Waals surface area contributed by atoms with Crippen molar-refractivity contribution in [1.29, 1.82) is 0 Å². The van der Waals surface area contributed by atoms with Gasteiger partial charge in [-0.3, -0.25) is 0 Å². The lowest BCUT2D eigenvalue weighted by atomic mass is 10.0. The van der Waals surface area contributed by atoms with E-state index in [4.69, 9.17) is 9.84 Å². The van der Waals surface area contributed by atoms with Crippen LogP contribution in [0.2, 0.25) is 0 Å². The number of carboxylic acids is 1. The Morgan fingerprint density at radius 1 is 1.14 bits per heavy atom. The third-order valence-electron chi connectivity index (χ3n) is 3.05. The van der Waals surface area contributed by atoms with Gasteiger partial charge in [0.15, 0.2) is 0 Å². The van der Waals surface area contributed by atoms with E-state index < -0.39 is 5.97 Å². The molecule has 3 nitrogen and oxygen atoms in total. The van der Waals surface area contributed by atoms with Crippen molar-refractivity contribution in [2.24, 2.45) is 0 Å². The lowest BCUT2D eigenvalue weighted by Gasteiger charge is -2.13. The predicted molar refractivity (Wildman–Crippen MR) is 83.7 cm³/mol. The first-order valence-electron chi connectivity index (χ1n) is 6.84. The minimum Gasteiger partial charge on any atom is -0.478 e. The molecule has 0 unspecified atom stereocenters. The number of carboxylic acid groups (broad SMARTS) is 1. The molecular weight excluding hydrogens is 264 g/mol. The maximum atomic E-state index is 10.6. The summed E-state index contributed by atoms with van der Waals surface area (Å²) in [6.07, 6.45) is 2.66. The zero-order valence-corrected chi connectivity index (χ0v) is 12.1. The monoisotopic (exact) mass is 282 g/mol. The van der Waals surface area contributed by atoms with Gasteiger partial charge in [-0.1, -0.05) is 44.2 Å². The van der Waals surface area contributed by atoms with Crippen molar-refractivity contribution in [1.82, 2.24) is 0 Å². The number of hydrogen-bond donors (Lipinski definition) is 1. The summed E-state index contributed by atoms with van der Waals surface area (Å²) in [6, 6.07) is 15.3. The summed E-state index contributed by atoms with van der Waals surface area (Å²) in [5.74, 6) is 0.922. The van der Waals surface area contributed by atoms with Gasteiger partial charge in [-0.25, -0.2) is 4.79 Å². The van der Waals surface area contributed by atoms with Crippen LogP contribution in [-0.2, 0) is 4.79 Å². The number of carbonyl (C=O) groups is 1. The Bertz CT molecular complexity index is 657. The summed E-state index contributed by atoms with van der Waals surface area (Å²) in [7, 11) is 0. The highest BCUT2D eigenvalue weighted by atomic mass is 16.5. The van der Waals surface area contributed by atoms with Gasteiger partial charge in [0, 0.05) is 6.08 Å². The minimum atomic E-state index is -0.966. The Kier molecular flexibility index (Phi) is 4.77. The molecule has 0 aromatic heterocycles. The number of ether oxygens (including phenoxy) is 1. The van der Waals surface area contributed by atoms with Crippen LogP contribution in [0.4, 0.5) is 0 Å². The fourth-order valence-corrected chi connectivity index (χ4v) is 2.03. The zero-order chi connectivity index (χ0) is 15.2. The molecule has 0 amide bonds. The van der Waals surface area contributed by atoms with E-state index in [1.54, 1.807) is 6.08 Å². The molecule has 0 spiro atoms. The lowest BCUT2D eigenvalue weighted by molar-refractivity contribution is -0.131. The second kappa shape index (κ2) is 6.75. The molecule has 2 rings (SSSR count). The molecule has 0 atom stereocenters. The Morgan fingerprint density at radius 2 is 1.90 bits per heavy atom. The number of rotatable bonds is 5. The number of para-hydroxylation sites is 1. The van der Waals surface area contributed by atoms with E-state index in [9.17, 15) is 4.79 Å². The van der Waals surface area contributed by atoms with Crippen LogP contribution in [0, 0.1) is 0 Å². The minimum absolute atomic E-state index is 0.372. The SMILES string of the molecule is CC(C)c1ccccc1Oc1cccc(C=CC(=O)O)c1. The van der Waals surface area contributed by atoms with Crippen LogP contribution in [0.15, 0.2) is 54.6 Å². The van der Waals surface area contributed by atoms with Crippen molar-refractivity contribution in [2.45, 2.75) is 19.8 Å². The highest BCUT2D eigenvalue weighted by molar-refractivity contribution is 5.85. The maximum absolute atomic E-state index is 10.6. The smallest absolute Gasteiger partial charge is 0.328 e. The van der Waals surface area contributed by atoms with Gasteiger partial charge < -0.3 is 9.84 Å². The molecule has 0 saturated carbocycles. The molecule has 108 valence electrons. The third kappa shape index (κ3) is 4.21. The number of hydrogen-bond acceptors (Lipinski definition) is 2. The van der Waals surface area contributed by atoms with Crippen molar-refractivity contribution in [3.05, 3.63) is 65.7 Å². The first-order chi connectivity index (χ1) is 10.1. The first-order valence-corrected chi connectivity index (χ1v) is 6.84. The van der Waals surface area contributed by atoms with E-state index in [1.165, 1.54) is 0 Å². The summed E-state index contributed by atoms with van der Waals surface area (Å²) >= 11 is 0. The standard InChI is InChI=1S/C18H18O3/c1-13(2)16-8-3-4-9-17(16)21-15-7-5-6-14(12-15)10-11-18(19)20/h3-13H,1-2H3,(H,19,20). The van der Waals surface area contributed by atoms with Gasteiger partial charge in [0.1, 0.15) is 11.5 Å². The molecule has 0 aliphatic carbocycles. The predicted octanol–water partition coefficient (Wildman–Crippen LogP) is 4.70. The second-order valence-corrected chi connectivity index (χ2v) is 5.04. The molecule has 1 N–H and O–H groups in total. The van der Waals surface area contributed by atoms with Gasteiger partial charge in [0.25, 0.3) is 0 Å². The van der Waals surface area contributed by atoms with Crippen LogP contribution < -0.4 is 4.74 Å². The van der Waals surface area contributed by atoms with E-state index >= 15 is 0 Å². The lowest BCUT2D eigenvalue weighted by Crippen LogP contribution is -1.93. The molecular formula is C18H18O3. The van der Waals surface area contributed by atoms with E-state index in [1.807, 2.05) is 48.5 Å². The van der Waals surface area contributed by atoms with Crippen molar-refractivity contribution >= 4 is 12.0 Å². The number of benzene rings is 2. The molecule has 0 heterocycles. The Hall–Kier alpha value is -2.55. The fourth-order valence-electron chi connectivity index (χ4n) is 2.03. The van der Waals surface area contributed by atoms with Crippen LogP contribution >= 0.6 is 0 Å². The van der Waals surface area contributed by atoms with Gasteiger partial charge in [-0.15, -0.1) is 0 Å². The molecule has 0 bridgehead atoms. The Balaban J connectivity index is 2.24. The van der Waals surface area contributed by atoms with Crippen LogP contribution in [0.25, 0.3) is 6.08 Å². The van der Waals surface area contributed by atoms with Gasteiger partial charge in [0.05, 0.1) is 0 Å².